The van der Waals surface area contributed by atoms with Gasteiger partial charge in [-0.25, -0.2) is 9.97 Å². The van der Waals surface area contributed by atoms with Crippen molar-refractivity contribution >= 4 is 11.8 Å². The number of amides is 2. The van der Waals surface area contributed by atoms with Gasteiger partial charge in [-0.05, 0) is 69.8 Å². The lowest BCUT2D eigenvalue weighted by Gasteiger charge is -2.48. The normalized spacial score (nSPS) is 26.3. The summed E-state index contributed by atoms with van der Waals surface area (Å²) in [6, 6.07) is 11.4. The third-order valence-corrected chi connectivity index (χ3v) is 9.29. The van der Waals surface area contributed by atoms with Crippen LogP contribution in [0.25, 0.3) is 0 Å². The van der Waals surface area contributed by atoms with Crippen LogP contribution in [-0.4, -0.2) is 74.7 Å². The molecule has 1 aromatic carbocycles. The van der Waals surface area contributed by atoms with Gasteiger partial charge >= 0.3 is 0 Å². The molecule has 2 amide bonds. The monoisotopic (exact) mass is 501 g/mol. The standard InChI is InChI=1S/C30H39N5O2/c1-20-27(21(2)32-19-31-20)30(37)33-14-12-26(13-15-33)34-17-24-10-11-25(18-34)28(24)35(29(36)23-8-9-23)16-22-6-4-3-5-7-22/h3-7,19,23-26,28H,8-18H2,1-2H3/t24-,25+,28?. The van der Waals surface area contributed by atoms with E-state index in [-0.39, 0.29) is 11.8 Å². The maximum absolute atomic E-state index is 13.4. The molecule has 37 heavy (non-hydrogen) atoms. The maximum Gasteiger partial charge on any atom is 0.257 e. The predicted molar refractivity (Wildman–Crippen MR) is 142 cm³/mol. The molecule has 1 aromatic heterocycles. The molecule has 4 fully saturated rings. The summed E-state index contributed by atoms with van der Waals surface area (Å²) < 4.78 is 0. The summed E-state index contributed by atoms with van der Waals surface area (Å²) in [7, 11) is 0. The highest BCUT2D eigenvalue weighted by atomic mass is 16.2. The van der Waals surface area contributed by atoms with Crippen molar-refractivity contribution in [3.05, 3.63) is 59.2 Å². The van der Waals surface area contributed by atoms with Crippen LogP contribution >= 0.6 is 0 Å². The zero-order valence-corrected chi connectivity index (χ0v) is 22.2. The Balaban J connectivity index is 1.10. The summed E-state index contributed by atoms with van der Waals surface area (Å²) in [4.78, 5) is 42.1. The lowest BCUT2D eigenvalue weighted by Crippen LogP contribution is -2.58. The number of rotatable bonds is 6. The summed E-state index contributed by atoms with van der Waals surface area (Å²) in [6.07, 6.45) is 8.11. The number of piperidine rings is 2. The Labute approximate surface area is 220 Å². The van der Waals surface area contributed by atoms with E-state index in [4.69, 9.17) is 0 Å². The fraction of sp³-hybridized carbons (Fsp3) is 0.600. The first-order valence-corrected chi connectivity index (χ1v) is 14.2. The fourth-order valence-corrected chi connectivity index (χ4v) is 7.21. The van der Waals surface area contributed by atoms with Crippen molar-refractivity contribution < 1.29 is 9.59 Å². The molecule has 4 aliphatic rings. The average molecular weight is 502 g/mol. The van der Waals surface area contributed by atoms with E-state index in [1.165, 1.54) is 24.7 Å². The van der Waals surface area contributed by atoms with E-state index in [0.29, 0.717) is 35.4 Å². The number of carbonyl (C=O) groups excluding carboxylic acids is 2. The van der Waals surface area contributed by atoms with Crippen molar-refractivity contribution in [2.24, 2.45) is 17.8 Å². The number of hydrogen-bond acceptors (Lipinski definition) is 5. The number of likely N-dealkylation sites (tertiary alicyclic amines) is 2. The van der Waals surface area contributed by atoms with Gasteiger partial charge in [0.2, 0.25) is 5.91 Å². The maximum atomic E-state index is 13.4. The first-order chi connectivity index (χ1) is 18.0. The fourth-order valence-electron chi connectivity index (χ4n) is 7.21. The second-order valence-electron chi connectivity index (χ2n) is 11.7. The van der Waals surface area contributed by atoms with Crippen LogP contribution < -0.4 is 0 Å². The van der Waals surface area contributed by atoms with Crippen molar-refractivity contribution in [2.45, 2.75) is 71.0 Å². The molecule has 2 saturated carbocycles. The molecule has 2 aliphatic heterocycles. The van der Waals surface area contributed by atoms with Crippen LogP contribution in [-0.2, 0) is 11.3 Å². The summed E-state index contributed by atoms with van der Waals surface area (Å²) in [5.41, 5.74) is 3.43. The second kappa shape index (κ2) is 10.2. The van der Waals surface area contributed by atoms with Crippen molar-refractivity contribution in [2.75, 3.05) is 26.2 Å². The Hall–Kier alpha value is -2.80. The van der Waals surface area contributed by atoms with Gasteiger partial charge in [0, 0.05) is 50.7 Å². The number of aryl methyl sites for hydroxylation is 2. The smallest absolute Gasteiger partial charge is 0.257 e. The lowest BCUT2D eigenvalue weighted by atomic mass is 9.87. The SMILES string of the molecule is Cc1ncnc(C)c1C(=O)N1CCC(N2C[C@H]3CC[C@@H](C2)C3N(Cc2ccccc2)C(=O)C2CC2)CC1. The molecule has 2 bridgehead atoms. The molecule has 3 heterocycles. The first-order valence-electron chi connectivity index (χ1n) is 14.2. The van der Waals surface area contributed by atoms with Gasteiger partial charge in [-0.15, -0.1) is 0 Å². The third-order valence-electron chi connectivity index (χ3n) is 9.29. The Bertz CT molecular complexity index is 1110. The highest BCUT2D eigenvalue weighted by molar-refractivity contribution is 5.96. The van der Waals surface area contributed by atoms with E-state index < -0.39 is 0 Å². The molecule has 0 radical (unpaired) electrons. The molecule has 2 aliphatic carbocycles. The molecule has 2 saturated heterocycles. The zero-order chi connectivity index (χ0) is 25.5. The minimum atomic E-state index is 0.0722. The Morgan fingerprint density at radius 1 is 0.892 bits per heavy atom. The molecule has 6 rings (SSSR count). The van der Waals surface area contributed by atoms with E-state index in [1.54, 1.807) is 0 Å². The van der Waals surface area contributed by atoms with Crippen molar-refractivity contribution in [1.82, 2.24) is 24.7 Å². The van der Waals surface area contributed by atoms with Crippen LogP contribution in [0.2, 0.25) is 0 Å². The molecule has 0 spiro atoms. The van der Waals surface area contributed by atoms with Crippen molar-refractivity contribution in [1.29, 1.82) is 0 Å². The van der Waals surface area contributed by atoms with Gasteiger partial charge in [-0.1, -0.05) is 30.3 Å². The van der Waals surface area contributed by atoms with E-state index in [1.807, 2.05) is 24.8 Å². The van der Waals surface area contributed by atoms with E-state index in [9.17, 15) is 9.59 Å². The minimum absolute atomic E-state index is 0.0722. The Morgan fingerprint density at radius 2 is 1.51 bits per heavy atom. The highest BCUT2D eigenvalue weighted by Crippen LogP contribution is 2.44. The zero-order valence-electron chi connectivity index (χ0n) is 22.2. The molecule has 1 unspecified atom stereocenters. The topological polar surface area (TPSA) is 69.6 Å². The molecular weight excluding hydrogens is 462 g/mol. The Kier molecular flexibility index (Phi) is 6.74. The molecule has 0 N–H and O–H groups in total. The van der Waals surface area contributed by atoms with Crippen LogP contribution in [0.3, 0.4) is 0 Å². The van der Waals surface area contributed by atoms with Gasteiger partial charge < -0.3 is 9.80 Å². The number of aromatic nitrogens is 2. The van der Waals surface area contributed by atoms with Crippen LogP contribution in [0.4, 0.5) is 0 Å². The number of nitrogens with zero attached hydrogens (tertiary/aromatic N) is 5. The van der Waals surface area contributed by atoms with E-state index >= 15 is 0 Å². The summed E-state index contributed by atoms with van der Waals surface area (Å²) >= 11 is 0. The number of fused-ring (bicyclic) bond motifs is 2. The van der Waals surface area contributed by atoms with Gasteiger partial charge in [0.1, 0.15) is 6.33 Å². The van der Waals surface area contributed by atoms with Crippen LogP contribution in [0.1, 0.15) is 65.8 Å². The molecular formula is C30H39N5O2. The van der Waals surface area contributed by atoms with Gasteiger partial charge in [0.15, 0.2) is 0 Å². The Morgan fingerprint density at radius 3 is 2.11 bits per heavy atom. The quantitative estimate of drug-likeness (QED) is 0.602. The van der Waals surface area contributed by atoms with Crippen LogP contribution in [0.15, 0.2) is 36.7 Å². The van der Waals surface area contributed by atoms with Crippen molar-refractivity contribution in [3.8, 4) is 0 Å². The van der Waals surface area contributed by atoms with E-state index in [2.05, 4.69) is 44.0 Å². The summed E-state index contributed by atoms with van der Waals surface area (Å²) in [5.74, 6) is 1.82. The third kappa shape index (κ3) is 4.90. The largest absolute Gasteiger partial charge is 0.338 e. The molecule has 3 atom stereocenters. The van der Waals surface area contributed by atoms with Crippen molar-refractivity contribution in [3.63, 3.8) is 0 Å². The van der Waals surface area contributed by atoms with Gasteiger partial charge in [-0.3, -0.25) is 14.5 Å². The van der Waals surface area contributed by atoms with E-state index in [0.717, 1.165) is 69.8 Å². The molecule has 7 heteroatoms. The lowest BCUT2D eigenvalue weighted by molar-refractivity contribution is -0.139. The summed E-state index contributed by atoms with van der Waals surface area (Å²) in [6.45, 7) is 8.25. The highest BCUT2D eigenvalue weighted by Gasteiger charge is 2.49. The second-order valence-corrected chi connectivity index (χ2v) is 11.7. The van der Waals surface area contributed by atoms with Crippen LogP contribution in [0, 0.1) is 31.6 Å². The first kappa shape index (κ1) is 24.5. The number of hydrogen-bond donors (Lipinski definition) is 0. The number of benzene rings is 1. The van der Waals surface area contributed by atoms with Crippen LogP contribution in [0.5, 0.6) is 0 Å². The molecule has 7 nitrogen and oxygen atoms in total. The summed E-state index contributed by atoms with van der Waals surface area (Å²) in [5, 5.41) is 0. The molecule has 196 valence electrons. The van der Waals surface area contributed by atoms with Gasteiger partial charge in [-0.2, -0.15) is 0 Å². The molecule has 2 aromatic rings. The van der Waals surface area contributed by atoms with Gasteiger partial charge in [0.05, 0.1) is 17.0 Å². The minimum Gasteiger partial charge on any atom is -0.338 e. The predicted octanol–water partition coefficient (Wildman–Crippen LogP) is 3.85. The average Bonchev–Trinajstić information content (AvgIpc) is 3.73. The number of carbonyl (C=O) groups is 2. The van der Waals surface area contributed by atoms with Gasteiger partial charge in [0.25, 0.3) is 5.91 Å².